The monoisotopic (exact) mass is 547 g/mol. The standard InChI is InChI=1S/C21H21N7O5S3/c1-2-33-26-14(12-7-35-20(22)24-12)16(29)25-15-17(30)27-8-21(19(31)32,9-36-18(15)27)4-3-11-6-34-13-5-23-10-28(11)13/h3-7,10,15,18H,2,8-9H2,1H3,(H2,22,24)(H,25,29)(H,31,32)/t15-,18-,21?/m1/s1. The van der Waals surface area contributed by atoms with Gasteiger partial charge in [0, 0.05) is 23.1 Å². The molecule has 36 heavy (non-hydrogen) atoms. The van der Waals surface area contributed by atoms with E-state index in [4.69, 9.17) is 10.6 Å². The van der Waals surface area contributed by atoms with Crippen molar-refractivity contribution in [3.05, 3.63) is 40.7 Å². The largest absolute Gasteiger partial charge is 0.481 e. The number of nitrogen functional groups attached to an aromatic ring is 1. The van der Waals surface area contributed by atoms with E-state index in [1.807, 2.05) is 9.78 Å². The molecule has 0 saturated carbocycles. The number of nitrogens with one attached hydrogen (secondary N) is 1. The fraction of sp³-hybridized carbons (Fsp3) is 0.333. The van der Waals surface area contributed by atoms with Crippen molar-refractivity contribution in [1.82, 2.24) is 24.6 Å². The molecule has 2 saturated heterocycles. The minimum absolute atomic E-state index is 0.00141. The molecule has 3 aromatic rings. The number of imidazole rings is 1. The maximum atomic E-state index is 13.0. The molecule has 5 heterocycles. The number of nitrogens with two attached hydrogens (primary N) is 1. The summed E-state index contributed by atoms with van der Waals surface area (Å²) < 4.78 is 1.87. The lowest BCUT2D eigenvalue weighted by Crippen LogP contribution is -2.73. The number of thioether (sulfide) groups is 1. The zero-order valence-corrected chi connectivity index (χ0v) is 21.3. The molecule has 0 bridgehead atoms. The SMILES string of the molecule is CCON=C(C(=O)N[C@@H]1C(=O)N2CC(C=Cc3csc4cncn34)(C(=O)O)CS[C@H]12)c1csc(N)n1. The molecule has 2 aliphatic rings. The first-order chi connectivity index (χ1) is 17.3. The van der Waals surface area contributed by atoms with Crippen molar-refractivity contribution >= 4 is 74.0 Å². The Morgan fingerprint density at radius 3 is 2.97 bits per heavy atom. The Morgan fingerprint density at radius 1 is 1.42 bits per heavy atom. The Balaban J connectivity index is 1.30. The number of amides is 2. The van der Waals surface area contributed by atoms with E-state index >= 15 is 0 Å². The fourth-order valence-corrected chi connectivity index (χ4v) is 6.83. The van der Waals surface area contributed by atoms with Crippen LogP contribution in [0.1, 0.15) is 18.3 Å². The molecule has 3 atom stereocenters. The third kappa shape index (κ3) is 4.22. The number of carboxylic acid groups (broad SMARTS) is 1. The summed E-state index contributed by atoms with van der Waals surface area (Å²) in [4.78, 5) is 53.9. The number of carbonyl (C=O) groups excluding carboxylic acids is 2. The van der Waals surface area contributed by atoms with Crippen molar-refractivity contribution < 1.29 is 24.3 Å². The van der Waals surface area contributed by atoms with Gasteiger partial charge in [-0.25, -0.2) is 9.97 Å². The quantitative estimate of drug-likeness (QED) is 0.214. The summed E-state index contributed by atoms with van der Waals surface area (Å²) in [6.07, 6.45) is 6.79. The molecule has 0 radical (unpaired) electrons. The van der Waals surface area contributed by atoms with Crippen LogP contribution in [0.5, 0.6) is 0 Å². The molecule has 0 aliphatic carbocycles. The lowest BCUT2D eigenvalue weighted by molar-refractivity contribution is -0.155. The second-order valence-electron chi connectivity index (χ2n) is 8.10. The molecule has 3 aromatic heterocycles. The van der Waals surface area contributed by atoms with Crippen LogP contribution in [0, 0.1) is 5.41 Å². The third-order valence-corrected chi connectivity index (χ3v) is 8.97. The molecule has 1 unspecified atom stereocenters. The number of carboxylic acids is 1. The second-order valence-corrected chi connectivity index (χ2v) is 11.0. The van der Waals surface area contributed by atoms with Gasteiger partial charge >= 0.3 is 5.97 Å². The number of β-lactam (4-membered cyclic amide) rings is 1. The molecule has 188 valence electrons. The predicted molar refractivity (Wildman–Crippen MR) is 137 cm³/mol. The average molecular weight is 548 g/mol. The average Bonchev–Trinajstić information content (AvgIpc) is 3.59. The summed E-state index contributed by atoms with van der Waals surface area (Å²) in [7, 11) is 0. The first kappa shape index (κ1) is 24.3. The smallest absolute Gasteiger partial charge is 0.316 e. The first-order valence-electron chi connectivity index (χ1n) is 10.8. The van der Waals surface area contributed by atoms with Crippen molar-refractivity contribution in [2.75, 3.05) is 24.6 Å². The summed E-state index contributed by atoms with van der Waals surface area (Å²) in [6.45, 7) is 1.97. The third-order valence-electron chi connectivity index (χ3n) is 5.84. The maximum absolute atomic E-state index is 13.0. The van der Waals surface area contributed by atoms with Crippen molar-refractivity contribution in [2.24, 2.45) is 10.6 Å². The maximum Gasteiger partial charge on any atom is 0.316 e. The van der Waals surface area contributed by atoms with Crippen LogP contribution in [-0.2, 0) is 19.2 Å². The highest BCUT2D eigenvalue weighted by molar-refractivity contribution is 8.00. The Labute approximate surface area is 216 Å². The minimum Gasteiger partial charge on any atom is -0.481 e. The van der Waals surface area contributed by atoms with E-state index in [2.05, 4.69) is 20.4 Å². The van der Waals surface area contributed by atoms with Crippen molar-refractivity contribution in [2.45, 2.75) is 18.3 Å². The zero-order chi connectivity index (χ0) is 25.4. The van der Waals surface area contributed by atoms with Gasteiger partial charge in [-0.2, -0.15) is 0 Å². The topological polar surface area (TPSA) is 165 Å². The number of carbonyl (C=O) groups is 3. The molecule has 2 aliphatic heterocycles. The molecule has 0 aromatic carbocycles. The molecule has 2 fully saturated rings. The van der Waals surface area contributed by atoms with Crippen LogP contribution in [0.25, 0.3) is 10.9 Å². The fourth-order valence-electron chi connectivity index (χ4n) is 3.94. The van der Waals surface area contributed by atoms with Gasteiger partial charge in [0.05, 0.1) is 11.9 Å². The van der Waals surface area contributed by atoms with Gasteiger partial charge in [0.1, 0.15) is 40.3 Å². The molecule has 0 spiro atoms. The Bertz CT molecular complexity index is 1400. The summed E-state index contributed by atoms with van der Waals surface area (Å²) in [5.41, 5.74) is 5.39. The lowest BCUT2D eigenvalue weighted by Gasteiger charge is -2.53. The van der Waals surface area contributed by atoms with Crippen molar-refractivity contribution in [1.29, 1.82) is 0 Å². The van der Waals surface area contributed by atoms with Gasteiger partial charge in [0.2, 0.25) is 5.91 Å². The van der Waals surface area contributed by atoms with E-state index < -0.39 is 28.7 Å². The molecular formula is C21H21N7O5S3. The van der Waals surface area contributed by atoms with Crippen molar-refractivity contribution in [3.8, 4) is 0 Å². The van der Waals surface area contributed by atoms with Gasteiger partial charge in [-0.05, 0) is 13.0 Å². The molecular weight excluding hydrogens is 526 g/mol. The molecule has 12 nitrogen and oxygen atoms in total. The number of hydrogen-bond donors (Lipinski definition) is 3. The van der Waals surface area contributed by atoms with Gasteiger partial charge in [0.25, 0.3) is 5.91 Å². The van der Waals surface area contributed by atoms with Gasteiger partial charge < -0.3 is 25.9 Å². The summed E-state index contributed by atoms with van der Waals surface area (Å²) in [5.74, 6) is -1.77. The molecule has 15 heteroatoms. The Hall–Kier alpha value is -3.43. The van der Waals surface area contributed by atoms with Crippen LogP contribution in [-0.4, -0.2) is 78.2 Å². The highest BCUT2D eigenvalue weighted by Gasteiger charge is 2.57. The highest BCUT2D eigenvalue weighted by Crippen LogP contribution is 2.43. The zero-order valence-electron chi connectivity index (χ0n) is 18.9. The summed E-state index contributed by atoms with van der Waals surface area (Å²) in [5, 5.41) is 20.0. The van der Waals surface area contributed by atoms with Crippen LogP contribution in [0.2, 0.25) is 0 Å². The predicted octanol–water partition coefficient (Wildman–Crippen LogP) is 1.36. The number of thiazole rings is 2. The molecule has 4 N–H and O–H groups in total. The Kier molecular flexibility index (Phi) is 6.44. The number of aliphatic carboxylic acids is 1. The number of nitrogens with zero attached hydrogens (tertiary/aromatic N) is 5. The number of rotatable bonds is 8. The minimum atomic E-state index is -1.26. The first-order valence-corrected chi connectivity index (χ1v) is 13.6. The number of oxime groups is 1. The molecule has 5 rings (SSSR count). The lowest BCUT2D eigenvalue weighted by atomic mass is 9.86. The van der Waals surface area contributed by atoms with Gasteiger partial charge in [-0.3, -0.25) is 18.8 Å². The highest BCUT2D eigenvalue weighted by atomic mass is 32.2. The Morgan fingerprint density at radius 2 is 2.25 bits per heavy atom. The van der Waals surface area contributed by atoms with E-state index in [-0.39, 0.29) is 41.3 Å². The van der Waals surface area contributed by atoms with E-state index in [9.17, 15) is 19.5 Å². The van der Waals surface area contributed by atoms with Crippen molar-refractivity contribution in [3.63, 3.8) is 0 Å². The summed E-state index contributed by atoms with van der Waals surface area (Å²) >= 11 is 3.97. The van der Waals surface area contributed by atoms with Crippen LogP contribution in [0.15, 0.2) is 34.5 Å². The van der Waals surface area contributed by atoms with E-state index in [0.29, 0.717) is 0 Å². The van der Waals surface area contributed by atoms with E-state index in [1.54, 1.807) is 37.0 Å². The number of anilines is 1. The normalized spacial score (nSPS) is 24.1. The van der Waals surface area contributed by atoms with Crippen LogP contribution >= 0.6 is 34.4 Å². The second kappa shape index (κ2) is 9.55. The number of hydrogen-bond acceptors (Lipinski definition) is 11. The van der Waals surface area contributed by atoms with E-state index in [1.165, 1.54) is 28.0 Å². The van der Waals surface area contributed by atoms with Crippen LogP contribution < -0.4 is 11.1 Å². The van der Waals surface area contributed by atoms with E-state index in [0.717, 1.165) is 21.9 Å². The number of aromatic nitrogens is 3. The van der Waals surface area contributed by atoms with Gasteiger partial charge in [-0.15, -0.1) is 34.4 Å². The van der Waals surface area contributed by atoms with Gasteiger partial charge in [-0.1, -0.05) is 11.2 Å². The summed E-state index contributed by atoms with van der Waals surface area (Å²) in [6, 6.07) is -0.816. The molecule has 2 amide bonds. The van der Waals surface area contributed by atoms with Crippen LogP contribution in [0.3, 0.4) is 0 Å². The number of fused-ring (bicyclic) bond motifs is 2. The van der Waals surface area contributed by atoms with Crippen LogP contribution in [0.4, 0.5) is 5.13 Å². The van der Waals surface area contributed by atoms with Gasteiger partial charge in [0.15, 0.2) is 10.8 Å².